The fourth-order valence-electron chi connectivity index (χ4n) is 3.24. The van der Waals surface area contributed by atoms with Crippen molar-refractivity contribution in [3.63, 3.8) is 0 Å². The number of rotatable bonds is 2. The first-order valence-corrected chi connectivity index (χ1v) is 8.03. The highest BCUT2D eigenvalue weighted by molar-refractivity contribution is 6.11. The number of phenolic OH excluding ortho intramolecular Hbond substituents is 1. The van der Waals surface area contributed by atoms with E-state index in [0.29, 0.717) is 16.6 Å². The molecule has 2 aromatic heterocycles. The Bertz CT molecular complexity index is 1020. The lowest BCUT2D eigenvalue weighted by atomic mass is 10.0. The molecule has 25 heavy (non-hydrogen) atoms. The third-order valence-electron chi connectivity index (χ3n) is 4.93. The van der Waals surface area contributed by atoms with Crippen LogP contribution in [0.1, 0.15) is 38.3 Å². The van der Waals surface area contributed by atoms with E-state index in [0.717, 1.165) is 28.1 Å². The summed E-state index contributed by atoms with van der Waals surface area (Å²) in [7, 11) is 0. The molecule has 0 fully saturated rings. The summed E-state index contributed by atoms with van der Waals surface area (Å²) in [5.41, 5.74) is 17.8. The van der Waals surface area contributed by atoms with Crippen LogP contribution in [0.15, 0.2) is 12.1 Å². The largest absolute Gasteiger partial charge is 0.508 e. The highest BCUT2D eigenvalue weighted by Gasteiger charge is 2.24. The highest BCUT2D eigenvalue weighted by Crippen LogP contribution is 2.37. The first kappa shape index (κ1) is 16.8. The molecule has 0 saturated carbocycles. The maximum Gasteiger partial charge on any atom is 0.253 e. The van der Waals surface area contributed by atoms with Gasteiger partial charge in [-0.2, -0.15) is 0 Å². The summed E-state index contributed by atoms with van der Waals surface area (Å²) < 4.78 is 1.72. The first-order chi connectivity index (χ1) is 11.6. The minimum Gasteiger partial charge on any atom is -0.508 e. The predicted molar refractivity (Wildman–Crippen MR) is 99.4 cm³/mol. The van der Waals surface area contributed by atoms with Gasteiger partial charge in [-0.1, -0.05) is 0 Å². The van der Waals surface area contributed by atoms with E-state index in [1.165, 1.54) is 0 Å². The second-order valence-corrected chi connectivity index (χ2v) is 6.53. The van der Waals surface area contributed by atoms with Gasteiger partial charge in [0.1, 0.15) is 17.2 Å². The number of carbonyl (C=O) groups excluding carboxylic acids is 1. The Labute approximate surface area is 146 Å². The van der Waals surface area contributed by atoms with Gasteiger partial charge in [-0.25, -0.2) is 4.98 Å². The molecule has 0 radical (unpaired) electrons. The van der Waals surface area contributed by atoms with E-state index in [-0.39, 0.29) is 17.1 Å². The minimum atomic E-state index is -0.599. The zero-order chi connectivity index (χ0) is 18.6. The molecule has 1 amide bonds. The van der Waals surface area contributed by atoms with Gasteiger partial charge in [0.2, 0.25) is 0 Å². The first-order valence-electron chi connectivity index (χ1n) is 8.03. The van der Waals surface area contributed by atoms with Gasteiger partial charge in [0, 0.05) is 16.6 Å². The van der Waals surface area contributed by atoms with Crippen molar-refractivity contribution >= 4 is 22.8 Å². The van der Waals surface area contributed by atoms with Crippen LogP contribution in [0.4, 0.5) is 5.82 Å². The number of aryl methyl sites for hydroxylation is 3. The number of aromatic nitrogens is 2. The standard InChI is InChI=1S/C19H22N4O2/c1-8-7-14(24)11(4)16(10(8)3)23-17(20)15(18(21)25)13-6-9(2)12(5)22-19(13)23/h6-7,24H,20H2,1-5H3,(H2,21,25). The van der Waals surface area contributed by atoms with Crippen LogP contribution in [0.25, 0.3) is 16.7 Å². The summed E-state index contributed by atoms with van der Waals surface area (Å²) in [5, 5.41) is 10.9. The zero-order valence-electron chi connectivity index (χ0n) is 15.1. The van der Waals surface area contributed by atoms with Crippen LogP contribution in [0.5, 0.6) is 5.75 Å². The maximum atomic E-state index is 12.0. The fraction of sp³-hybridized carbons (Fsp3) is 0.263. The van der Waals surface area contributed by atoms with Gasteiger partial charge in [0.25, 0.3) is 5.91 Å². The van der Waals surface area contributed by atoms with Crippen LogP contribution in [-0.4, -0.2) is 20.6 Å². The van der Waals surface area contributed by atoms with Crippen LogP contribution in [0.2, 0.25) is 0 Å². The number of carbonyl (C=O) groups is 1. The van der Waals surface area contributed by atoms with Crippen molar-refractivity contribution in [2.24, 2.45) is 5.73 Å². The molecule has 0 atom stereocenters. The van der Waals surface area contributed by atoms with Crippen molar-refractivity contribution in [1.29, 1.82) is 0 Å². The molecule has 3 aromatic rings. The average Bonchev–Trinajstić information content (AvgIpc) is 2.78. The number of phenols is 1. The number of pyridine rings is 1. The van der Waals surface area contributed by atoms with E-state index in [1.54, 1.807) is 10.6 Å². The summed E-state index contributed by atoms with van der Waals surface area (Å²) in [5.74, 6) is -0.196. The van der Waals surface area contributed by atoms with Crippen molar-refractivity contribution in [1.82, 2.24) is 9.55 Å². The molecule has 0 spiro atoms. The van der Waals surface area contributed by atoms with Gasteiger partial charge in [-0.3, -0.25) is 9.36 Å². The Kier molecular flexibility index (Phi) is 3.71. The highest BCUT2D eigenvalue weighted by atomic mass is 16.3. The molecule has 1 aromatic carbocycles. The molecule has 6 nitrogen and oxygen atoms in total. The second-order valence-electron chi connectivity index (χ2n) is 6.53. The number of fused-ring (bicyclic) bond motifs is 1. The lowest BCUT2D eigenvalue weighted by molar-refractivity contribution is 0.100. The van der Waals surface area contributed by atoms with E-state index in [9.17, 15) is 9.90 Å². The minimum absolute atomic E-state index is 0.170. The number of nitrogens with two attached hydrogens (primary N) is 2. The van der Waals surface area contributed by atoms with Crippen LogP contribution in [0.3, 0.4) is 0 Å². The molecule has 5 N–H and O–H groups in total. The number of nitrogen functional groups attached to an aromatic ring is 1. The molecular weight excluding hydrogens is 316 g/mol. The number of nitrogens with zero attached hydrogens (tertiary/aromatic N) is 2. The predicted octanol–water partition coefficient (Wildman–Crippen LogP) is 2.95. The van der Waals surface area contributed by atoms with Crippen molar-refractivity contribution in [3.8, 4) is 11.4 Å². The third kappa shape index (κ3) is 2.33. The van der Waals surface area contributed by atoms with Crippen molar-refractivity contribution < 1.29 is 9.90 Å². The lowest BCUT2D eigenvalue weighted by Crippen LogP contribution is -2.14. The fourth-order valence-corrected chi connectivity index (χ4v) is 3.24. The van der Waals surface area contributed by atoms with Gasteiger partial charge < -0.3 is 16.6 Å². The van der Waals surface area contributed by atoms with E-state index in [1.807, 2.05) is 40.7 Å². The number of hydrogen-bond donors (Lipinski definition) is 3. The number of benzene rings is 1. The SMILES string of the molecule is Cc1cc2c(C(N)=O)c(N)n(-c3c(C)c(C)cc(O)c3C)c2nc1C. The summed E-state index contributed by atoms with van der Waals surface area (Å²) in [6.45, 7) is 9.51. The molecular formula is C19H22N4O2. The lowest BCUT2D eigenvalue weighted by Gasteiger charge is -2.17. The van der Waals surface area contributed by atoms with E-state index < -0.39 is 5.91 Å². The summed E-state index contributed by atoms with van der Waals surface area (Å²) in [6.07, 6.45) is 0. The molecule has 0 aliphatic carbocycles. The molecule has 0 unspecified atom stereocenters. The number of amides is 1. The van der Waals surface area contributed by atoms with Crippen LogP contribution in [0, 0.1) is 34.6 Å². The van der Waals surface area contributed by atoms with Gasteiger partial charge in [-0.15, -0.1) is 0 Å². The Hall–Kier alpha value is -3.02. The van der Waals surface area contributed by atoms with E-state index in [4.69, 9.17) is 11.5 Å². The van der Waals surface area contributed by atoms with Gasteiger partial charge in [0.15, 0.2) is 0 Å². The molecule has 6 heteroatoms. The third-order valence-corrected chi connectivity index (χ3v) is 4.93. The normalized spacial score (nSPS) is 11.2. The van der Waals surface area contributed by atoms with Gasteiger partial charge in [0.05, 0.1) is 11.3 Å². The molecule has 130 valence electrons. The van der Waals surface area contributed by atoms with Crippen molar-refractivity contribution in [2.45, 2.75) is 34.6 Å². The van der Waals surface area contributed by atoms with Gasteiger partial charge in [-0.05, 0) is 63.4 Å². The summed E-state index contributed by atoms with van der Waals surface area (Å²) >= 11 is 0. The van der Waals surface area contributed by atoms with E-state index in [2.05, 4.69) is 4.98 Å². The second kappa shape index (κ2) is 5.51. The Morgan fingerprint density at radius 3 is 2.32 bits per heavy atom. The van der Waals surface area contributed by atoms with Crippen LogP contribution in [-0.2, 0) is 0 Å². The zero-order valence-corrected chi connectivity index (χ0v) is 15.1. The topological polar surface area (TPSA) is 107 Å². The molecule has 2 heterocycles. The number of anilines is 1. The van der Waals surface area contributed by atoms with Crippen LogP contribution >= 0.6 is 0 Å². The van der Waals surface area contributed by atoms with Crippen LogP contribution < -0.4 is 11.5 Å². The monoisotopic (exact) mass is 338 g/mol. The summed E-state index contributed by atoms with van der Waals surface area (Å²) in [4.78, 5) is 16.7. The molecule has 0 aliphatic rings. The number of hydrogen-bond acceptors (Lipinski definition) is 4. The molecule has 0 saturated heterocycles. The Balaban J connectivity index is 2.57. The number of aromatic hydroxyl groups is 1. The average molecular weight is 338 g/mol. The molecule has 0 aliphatic heterocycles. The quantitative estimate of drug-likeness (QED) is 0.667. The smallest absolute Gasteiger partial charge is 0.253 e. The Morgan fingerprint density at radius 1 is 1.08 bits per heavy atom. The van der Waals surface area contributed by atoms with Gasteiger partial charge >= 0.3 is 0 Å². The number of primary amides is 1. The van der Waals surface area contributed by atoms with Crippen molar-refractivity contribution in [2.75, 3.05) is 5.73 Å². The molecule has 0 bridgehead atoms. The molecule has 3 rings (SSSR count). The summed E-state index contributed by atoms with van der Waals surface area (Å²) in [6, 6.07) is 3.60. The van der Waals surface area contributed by atoms with Crippen molar-refractivity contribution in [3.05, 3.63) is 45.6 Å². The maximum absolute atomic E-state index is 12.0. The Morgan fingerprint density at radius 2 is 1.72 bits per heavy atom. The van der Waals surface area contributed by atoms with E-state index >= 15 is 0 Å².